The van der Waals surface area contributed by atoms with Crippen molar-refractivity contribution in [1.29, 1.82) is 0 Å². The van der Waals surface area contributed by atoms with E-state index in [2.05, 4.69) is 30.7 Å². The minimum atomic E-state index is -2.63. The lowest BCUT2D eigenvalue weighted by Gasteiger charge is -2.28. The Kier molecular flexibility index (Phi) is 4.57. The summed E-state index contributed by atoms with van der Waals surface area (Å²) < 4.78 is 40.5. The molecule has 134 valence electrons. The van der Waals surface area contributed by atoms with Crippen molar-refractivity contribution < 1.29 is 13.2 Å². The number of nitrogens with two attached hydrogens (primary N) is 2. The minimum Gasteiger partial charge on any atom is -0.368 e. The van der Waals surface area contributed by atoms with Crippen LogP contribution in [0.4, 0.5) is 30.9 Å². The van der Waals surface area contributed by atoms with Crippen molar-refractivity contribution in [3.63, 3.8) is 0 Å². The van der Waals surface area contributed by atoms with Gasteiger partial charge in [0.25, 0.3) is 0 Å². The van der Waals surface area contributed by atoms with Crippen LogP contribution in [-0.4, -0.2) is 31.9 Å². The summed E-state index contributed by atoms with van der Waals surface area (Å²) in [5, 5.41) is 2.95. The summed E-state index contributed by atoms with van der Waals surface area (Å²) >= 11 is 0. The second-order valence-corrected chi connectivity index (χ2v) is 5.79. The fourth-order valence-electron chi connectivity index (χ4n) is 2.61. The molecule has 6 N–H and O–H groups in total. The molecule has 2 heterocycles. The predicted octanol–water partition coefficient (Wildman–Crippen LogP) is 1.93. The van der Waals surface area contributed by atoms with Crippen LogP contribution < -0.4 is 22.3 Å². The summed E-state index contributed by atoms with van der Waals surface area (Å²) in [4.78, 5) is 15.9. The number of hydrazine groups is 1. The van der Waals surface area contributed by atoms with Gasteiger partial charge in [0.05, 0.1) is 0 Å². The van der Waals surface area contributed by atoms with E-state index in [0.717, 1.165) is 6.07 Å². The molecule has 0 aromatic carbocycles. The molecule has 25 heavy (non-hydrogen) atoms. The molecule has 1 aliphatic rings. The number of halogens is 3. The zero-order chi connectivity index (χ0) is 18.0. The molecule has 1 aliphatic carbocycles. The van der Waals surface area contributed by atoms with Crippen LogP contribution in [0.5, 0.6) is 0 Å². The van der Waals surface area contributed by atoms with Crippen LogP contribution >= 0.6 is 0 Å². The van der Waals surface area contributed by atoms with Gasteiger partial charge < -0.3 is 16.5 Å². The van der Waals surface area contributed by atoms with Crippen LogP contribution in [0.1, 0.15) is 25.7 Å². The Morgan fingerprint density at radius 2 is 1.80 bits per heavy atom. The molecule has 0 unspecified atom stereocenters. The van der Waals surface area contributed by atoms with Gasteiger partial charge in [-0.05, 0) is 25.0 Å². The van der Waals surface area contributed by atoms with E-state index in [-0.39, 0.29) is 61.0 Å². The molecule has 0 atom stereocenters. The van der Waals surface area contributed by atoms with Gasteiger partial charge >= 0.3 is 0 Å². The van der Waals surface area contributed by atoms with Crippen molar-refractivity contribution in [2.45, 2.75) is 37.6 Å². The number of hydrogen-bond donors (Lipinski definition) is 4. The number of nitrogens with one attached hydrogen (secondary N) is 2. The van der Waals surface area contributed by atoms with E-state index in [4.69, 9.17) is 11.6 Å². The largest absolute Gasteiger partial charge is 0.368 e. The highest BCUT2D eigenvalue weighted by molar-refractivity contribution is 5.56. The highest BCUT2D eigenvalue weighted by Crippen LogP contribution is 2.34. The Bertz CT molecular complexity index is 760. The van der Waals surface area contributed by atoms with Crippen molar-refractivity contribution in [3.05, 3.63) is 17.9 Å². The number of rotatable bonds is 4. The molecule has 1 fully saturated rings. The molecule has 0 radical (unpaired) electrons. The van der Waals surface area contributed by atoms with E-state index in [1.54, 1.807) is 0 Å². The third-order valence-electron chi connectivity index (χ3n) is 3.91. The van der Waals surface area contributed by atoms with E-state index in [9.17, 15) is 13.2 Å². The molecule has 11 heteroatoms. The average Bonchev–Trinajstić information content (AvgIpc) is 2.57. The Balaban J connectivity index is 1.84. The van der Waals surface area contributed by atoms with Crippen LogP contribution in [0.15, 0.2) is 12.1 Å². The number of alkyl halides is 2. The van der Waals surface area contributed by atoms with Crippen molar-refractivity contribution in [3.8, 4) is 11.5 Å². The lowest BCUT2D eigenvalue weighted by molar-refractivity contribution is -0.0361. The van der Waals surface area contributed by atoms with Gasteiger partial charge in [-0.15, -0.1) is 0 Å². The van der Waals surface area contributed by atoms with Crippen LogP contribution in [0.3, 0.4) is 0 Å². The number of anilines is 3. The summed E-state index contributed by atoms with van der Waals surface area (Å²) in [6, 6.07) is 2.29. The second kappa shape index (κ2) is 6.67. The van der Waals surface area contributed by atoms with Crippen molar-refractivity contribution in [2.24, 2.45) is 5.84 Å². The maximum atomic E-state index is 14.0. The molecule has 0 spiro atoms. The average molecular weight is 354 g/mol. The van der Waals surface area contributed by atoms with Gasteiger partial charge in [-0.1, -0.05) is 0 Å². The molecule has 0 bridgehead atoms. The normalized spacial score (nSPS) is 17.3. The SMILES string of the molecule is NNc1ccc(F)c(-c2nc(N)nc(NC3CCC(F)(F)CC3)n2)n1. The molecule has 0 amide bonds. The summed E-state index contributed by atoms with van der Waals surface area (Å²) in [5.41, 5.74) is 7.80. The van der Waals surface area contributed by atoms with E-state index in [1.165, 1.54) is 6.07 Å². The number of pyridine rings is 1. The van der Waals surface area contributed by atoms with Crippen LogP contribution in [0.2, 0.25) is 0 Å². The highest BCUT2D eigenvalue weighted by atomic mass is 19.3. The second-order valence-electron chi connectivity index (χ2n) is 5.79. The first-order valence-corrected chi connectivity index (χ1v) is 7.66. The molecular formula is C14H17F3N8. The Morgan fingerprint density at radius 1 is 1.08 bits per heavy atom. The zero-order valence-electron chi connectivity index (χ0n) is 13.1. The smallest absolute Gasteiger partial charge is 0.248 e. The van der Waals surface area contributed by atoms with Gasteiger partial charge in [-0.3, -0.25) is 0 Å². The van der Waals surface area contributed by atoms with Gasteiger partial charge in [0.2, 0.25) is 17.8 Å². The summed E-state index contributed by atoms with van der Waals surface area (Å²) in [6.07, 6.45) is 0.122. The Labute approximate surface area is 141 Å². The summed E-state index contributed by atoms with van der Waals surface area (Å²) in [7, 11) is 0. The predicted molar refractivity (Wildman–Crippen MR) is 86.1 cm³/mol. The third kappa shape index (κ3) is 4.05. The van der Waals surface area contributed by atoms with E-state index >= 15 is 0 Å². The molecule has 2 aromatic heterocycles. The number of nitrogens with zero attached hydrogens (tertiary/aromatic N) is 4. The maximum Gasteiger partial charge on any atom is 0.248 e. The Morgan fingerprint density at radius 3 is 2.48 bits per heavy atom. The monoisotopic (exact) mass is 354 g/mol. The first-order valence-electron chi connectivity index (χ1n) is 7.66. The van der Waals surface area contributed by atoms with Crippen LogP contribution in [-0.2, 0) is 0 Å². The minimum absolute atomic E-state index is 0.0780. The lowest BCUT2D eigenvalue weighted by Crippen LogP contribution is -2.32. The zero-order valence-corrected chi connectivity index (χ0v) is 13.1. The fourth-order valence-corrected chi connectivity index (χ4v) is 2.61. The lowest BCUT2D eigenvalue weighted by atomic mass is 9.92. The quantitative estimate of drug-likeness (QED) is 0.484. The van der Waals surface area contributed by atoms with Gasteiger partial charge in [-0.2, -0.15) is 15.0 Å². The fraction of sp³-hybridized carbons (Fsp3) is 0.429. The van der Waals surface area contributed by atoms with Crippen molar-refractivity contribution >= 4 is 17.7 Å². The number of aromatic nitrogens is 4. The number of nitrogen functional groups attached to an aromatic ring is 2. The summed E-state index contributed by atoms with van der Waals surface area (Å²) in [5.74, 6) is 2.07. The van der Waals surface area contributed by atoms with E-state index < -0.39 is 11.7 Å². The highest BCUT2D eigenvalue weighted by Gasteiger charge is 2.35. The molecule has 0 saturated heterocycles. The molecule has 2 aromatic rings. The van der Waals surface area contributed by atoms with Gasteiger partial charge in [0.1, 0.15) is 11.5 Å². The Hall–Kier alpha value is -2.69. The first-order chi connectivity index (χ1) is 11.9. The maximum absolute atomic E-state index is 14.0. The topological polar surface area (TPSA) is 128 Å². The molecular weight excluding hydrogens is 337 g/mol. The van der Waals surface area contributed by atoms with Crippen molar-refractivity contribution in [2.75, 3.05) is 16.5 Å². The van der Waals surface area contributed by atoms with Crippen LogP contribution in [0, 0.1) is 5.82 Å². The first kappa shape index (κ1) is 17.1. The van der Waals surface area contributed by atoms with Crippen molar-refractivity contribution in [1.82, 2.24) is 19.9 Å². The molecule has 1 saturated carbocycles. The van der Waals surface area contributed by atoms with Gasteiger partial charge in [-0.25, -0.2) is 24.0 Å². The van der Waals surface area contributed by atoms with Gasteiger partial charge in [0.15, 0.2) is 11.6 Å². The van der Waals surface area contributed by atoms with Gasteiger partial charge in [0, 0.05) is 18.9 Å². The summed E-state index contributed by atoms with van der Waals surface area (Å²) in [6.45, 7) is 0. The number of hydrogen-bond acceptors (Lipinski definition) is 8. The molecule has 8 nitrogen and oxygen atoms in total. The molecule has 3 rings (SSSR count). The van der Waals surface area contributed by atoms with E-state index in [0.29, 0.717) is 0 Å². The van der Waals surface area contributed by atoms with Crippen LogP contribution in [0.25, 0.3) is 11.5 Å². The van der Waals surface area contributed by atoms with E-state index in [1.807, 2.05) is 0 Å². The third-order valence-corrected chi connectivity index (χ3v) is 3.91. The standard InChI is InChI=1S/C14H17F3N8/c15-8-1-2-9(25-19)21-10(8)11-22-12(18)24-13(23-11)20-7-3-5-14(16,17)6-4-7/h1-2,7H,3-6,19H2,(H,21,25)(H3,18,20,22,23,24). The molecule has 0 aliphatic heterocycles.